The highest BCUT2D eigenvalue weighted by molar-refractivity contribution is 6.35. The maximum atomic E-state index is 13.1. The van der Waals surface area contributed by atoms with E-state index in [1.807, 2.05) is 17.1 Å². The zero-order chi connectivity index (χ0) is 27.2. The first-order valence-corrected chi connectivity index (χ1v) is 13.3. The molecule has 0 unspecified atom stereocenters. The first-order valence-electron chi connectivity index (χ1n) is 12.5. The molecule has 7 nitrogen and oxygen atoms in total. The molecule has 0 spiro atoms. The van der Waals surface area contributed by atoms with E-state index in [0.717, 1.165) is 31.2 Å². The average Bonchev–Trinajstić information content (AvgIpc) is 2.82. The van der Waals surface area contributed by atoms with Gasteiger partial charge in [0.25, 0.3) is 11.8 Å². The number of nitrogens with one attached hydrogen (secondary N) is 2. The molecule has 0 saturated heterocycles. The highest BCUT2D eigenvalue weighted by atomic mass is 35.5. The van der Waals surface area contributed by atoms with Crippen LogP contribution in [-0.4, -0.2) is 40.5 Å². The highest BCUT2D eigenvalue weighted by Gasteiger charge is 2.32. The van der Waals surface area contributed by atoms with Crippen molar-refractivity contribution >= 4 is 41.0 Å². The Bertz CT molecular complexity index is 1090. The highest BCUT2D eigenvalue weighted by Crippen LogP contribution is 2.39. The predicted molar refractivity (Wildman–Crippen MR) is 146 cm³/mol. The molecule has 0 atom stereocenters. The number of aliphatic carboxylic acids is 1. The monoisotopic (exact) mass is 547 g/mol. The van der Waals surface area contributed by atoms with E-state index in [9.17, 15) is 14.4 Å². The molecule has 1 fully saturated rings. The van der Waals surface area contributed by atoms with Gasteiger partial charge < -0.3 is 10.4 Å². The molecule has 0 aromatic heterocycles. The summed E-state index contributed by atoms with van der Waals surface area (Å²) < 4.78 is 0. The number of carboxylic acid groups (broad SMARTS) is 1. The maximum Gasteiger partial charge on any atom is 0.305 e. The fraction of sp³-hybridized carbons (Fsp3) is 0.464. The fourth-order valence-electron chi connectivity index (χ4n) is 4.74. The van der Waals surface area contributed by atoms with Gasteiger partial charge in [0.1, 0.15) is 0 Å². The molecule has 0 bridgehead atoms. The van der Waals surface area contributed by atoms with E-state index in [4.69, 9.17) is 28.3 Å². The molecule has 0 radical (unpaired) electrons. The normalized spacial score (nSPS) is 17.9. The third-order valence-electron chi connectivity index (χ3n) is 6.93. The van der Waals surface area contributed by atoms with Gasteiger partial charge >= 0.3 is 5.97 Å². The predicted octanol–water partition coefficient (Wildman–Crippen LogP) is 5.95. The summed E-state index contributed by atoms with van der Waals surface area (Å²) in [7, 11) is 0. The average molecular weight is 549 g/mol. The minimum absolute atomic E-state index is 0.0699. The molecule has 2 aromatic carbocycles. The van der Waals surface area contributed by atoms with E-state index in [-0.39, 0.29) is 36.2 Å². The summed E-state index contributed by atoms with van der Waals surface area (Å²) in [6, 6.07) is 12.0. The number of carbonyl (C=O) groups is 3. The van der Waals surface area contributed by atoms with E-state index in [1.165, 1.54) is 0 Å². The van der Waals surface area contributed by atoms with Crippen LogP contribution in [-0.2, 0) is 11.3 Å². The lowest BCUT2D eigenvalue weighted by Crippen LogP contribution is -2.49. The largest absolute Gasteiger partial charge is 0.481 e. The van der Waals surface area contributed by atoms with Crippen LogP contribution in [0.15, 0.2) is 42.5 Å². The van der Waals surface area contributed by atoms with Crippen molar-refractivity contribution in [3.63, 3.8) is 0 Å². The first kappa shape index (κ1) is 29.0. The van der Waals surface area contributed by atoms with Crippen LogP contribution in [0.25, 0.3) is 0 Å². The third kappa shape index (κ3) is 8.73. The molecule has 200 valence electrons. The van der Waals surface area contributed by atoms with Crippen LogP contribution in [0.1, 0.15) is 79.2 Å². The number of hydrogen-bond acceptors (Lipinski definition) is 4. The van der Waals surface area contributed by atoms with Gasteiger partial charge in [-0.3, -0.25) is 19.8 Å². The number of hydrazine groups is 1. The molecule has 3 N–H and O–H groups in total. The Labute approximate surface area is 228 Å². The molecule has 0 aliphatic heterocycles. The van der Waals surface area contributed by atoms with E-state index >= 15 is 0 Å². The summed E-state index contributed by atoms with van der Waals surface area (Å²) in [5, 5.41) is 14.1. The topological polar surface area (TPSA) is 98.7 Å². The second-order valence-electron chi connectivity index (χ2n) is 10.7. The lowest BCUT2D eigenvalue weighted by atomic mass is 9.71. The van der Waals surface area contributed by atoms with Crippen molar-refractivity contribution in [3.05, 3.63) is 69.2 Å². The van der Waals surface area contributed by atoms with E-state index in [0.29, 0.717) is 33.6 Å². The van der Waals surface area contributed by atoms with E-state index in [2.05, 4.69) is 31.5 Å². The Morgan fingerprint density at radius 2 is 1.51 bits per heavy atom. The van der Waals surface area contributed by atoms with Gasteiger partial charge in [-0.05, 0) is 72.9 Å². The smallest absolute Gasteiger partial charge is 0.305 e. The van der Waals surface area contributed by atoms with Crippen LogP contribution in [0, 0.1) is 11.3 Å². The minimum atomic E-state index is -0.964. The second-order valence-corrected chi connectivity index (χ2v) is 11.6. The van der Waals surface area contributed by atoms with Crippen molar-refractivity contribution in [3.8, 4) is 0 Å². The molecule has 9 heteroatoms. The molecule has 2 aromatic rings. The lowest BCUT2D eigenvalue weighted by molar-refractivity contribution is -0.136. The molecule has 0 heterocycles. The van der Waals surface area contributed by atoms with Crippen molar-refractivity contribution in [1.29, 1.82) is 0 Å². The second kappa shape index (κ2) is 12.8. The summed E-state index contributed by atoms with van der Waals surface area (Å²) in [6.45, 7) is 7.37. The Morgan fingerprint density at radius 1 is 0.919 bits per heavy atom. The molecule has 1 saturated carbocycles. The van der Waals surface area contributed by atoms with Crippen LogP contribution >= 0.6 is 23.2 Å². The van der Waals surface area contributed by atoms with Crippen molar-refractivity contribution in [2.75, 3.05) is 6.54 Å². The lowest BCUT2D eigenvalue weighted by Gasteiger charge is -2.41. The van der Waals surface area contributed by atoms with Crippen molar-refractivity contribution in [1.82, 2.24) is 15.8 Å². The molecular formula is C28H35Cl2N3O4. The number of nitrogens with zero attached hydrogens (tertiary/aromatic N) is 1. The molecule has 2 amide bonds. The fourth-order valence-corrected chi connectivity index (χ4v) is 5.26. The summed E-state index contributed by atoms with van der Waals surface area (Å²) in [5.41, 5.74) is 5.10. The molecule has 37 heavy (non-hydrogen) atoms. The Hall–Kier alpha value is -2.61. The van der Waals surface area contributed by atoms with Crippen LogP contribution in [0.3, 0.4) is 0 Å². The molecule has 3 rings (SSSR count). The number of rotatable bonds is 9. The zero-order valence-electron chi connectivity index (χ0n) is 21.5. The maximum absolute atomic E-state index is 13.1. The third-order valence-corrected chi connectivity index (χ3v) is 7.36. The van der Waals surface area contributed by atoms with Crippen molar-refractivity contribution in [2.45, 2.75) is 65.5 Å². The van der Waals surface area contributed by atoms with Gasteiger partial charge in [-0.25, -0.2) is 5.01 Å². The van der Waals surface area contributed by atoms with E-state index < -0.39 is 5.97 Å². The van der Waals surface area contributed by atoms with Crippen molar-refractivity contribution in [2.24, 2.45) is 11.3 Å². The van der Waals surface area contributed by atoms with Gasteiger partial charge in [-0.15, -0.1) is 0 Å². The summed E-state index contributed by atoms with van der Waals surface area (Å²) in [4.78, 5) is 36.1. The molecule has 1 aliphatic carbocycles. The van der Waals surface area contributed by atoms with Crippen LogP contribution in [0.5, 0.6) is 0 Å². The minimum Gasteiger partial charge on any atom is -0.481 e. The van der Waals surface area contributed by atoms with E-state index in [1.54, 1.807) is 30.3 Å². The number of carboxylic acids is 1. The summed E-state index contributed by atoms with van der Waals surface area (Å²) in [6.07, 6.45) is 3.96. The van der Waals surface area contributed by atoms with Gasteiger partial charge in [0.2, 0.25) is 0 Å². The number of amides is 2. The van der Waals surface area contributed by atoms with Gasteiger partial charge in [0.15, 0.2) is 0 Å². The Kier molecular flexibility index (Phi) is 9.99. The quantitative estimate of drug-likeness (QED) is 0.337. The number of carbonyl (C=O) groups excluding carboxylic acids is 2. The number of benzene rings is 2. The van der Waals surface area contributed by atoms with Crippen LogP contribution in [0.2, 0.25) is 10.0 Å². The van der Waals surface area contributed by atoms with Gasteiger partial charge in [-0.2, -0.15) is 0 Å². The Morgan fingerprint density at radius 3 is 2.05 bits per heavy atom. The van der Waals surface area contributed by atoms with Gasteiger partial charge in [0, 0.05) is 40.3 Å². The zero-order valence-corrected chi connectivity index (χ0v) is 23.0. The number of hydrogen-bond donors (Lipinski definition) is 3. The van der Waals surface area contributed by atoms with Crippen molar-refractivity contribution < 1.29 is 19.5 Å². The SMILES string of the molecule is CC(C)(C)[C@H]1CC[C@@H](N(Cc2ccc(C(=O)NCCC(=O)O)cc2)NC(=O)c2cc(Cl)cc(Cl)c2)CC1. The summed E-state index contributed by atoms with van der Waals surface area (Å²) >= 11 is 12.2. The van der Waals surface area contributed by atoms with Gasteiger partial charge in [-0.1, -0.05) is 56.1 Å². The molecular weight excluding hydrogens is 513 g/mol. The molecule has 1 aliphatic rings. The summed E-state index contributed by atoms with van der Waals surface area (Å²) in [5.74, 6) is -0.936. The van der Waals surface area contributed by atoms with Crippen LogP contribution in [0.4, 0.5) is 0 Å². The van der Waals surface area contributed by atoms with Gasteiger partial charge in [0.05, 0.1) is 6.42 Å². The Balaban J connectivity index is 1.73. The standard InChI is InChI=1S/C28H35Cl2N3O4/c1-28(2,3)21-8-10-24(11-9-21)33(32-27(37)20-14-22(29)16-23(30)15-20)17-18-4-6-19(7-5-18)26(36)31-13-12-25(34)35/h4-7,14-16,21,24H,8-13,17H2,1-3H3,(H,31,36)(H,32,37)(H,34,35)/t21-,24+. The first-order chi connectivity index (χ1) is 17.4. The van der Waals surface area contributed by atoms with Crippen LogP contribution < -0.4 is 10.7 Å². The number of halogens is 2.